The van der Waals surface area contributed by atoms with Crippen LogP contribution < -0.4 is 10.1 Å². The van der Waals surface area contributed by atoms with E-state index in [9.17, 15) is 9.59 Å². The lowest BCUT2D eigenvalue weighted by atomic mass is 9.96. The van der Waals surface area contributed by atoms with Crippen molar-refractivity contribution >= 4 is 11.8 Å². The number of hydrogen-bond donors (Lipinski definition) is 1. The minimum Gasteiger partial charge on any atom is -0.497 e. The second-order valence-corrected chi connectivity index (χ2v) is 6.76. The average molecular weight is 367 g/mol. The summed E-state index contributed by atoms with van der Waals surface area (Å²) in [5, 5.41) is 3.00. The van der Waals surface area contributed by atoms with Gasteiger partial charge in [0.2, 0.25) is 11.8 Å². The second kappa shape index (κ2) is 9.16. The fourth-order valence-corrected chi connectivity index (χ4v) is 3.30. The summed E-state index contributed by atoms with van der Waals surface area (Å²) in [5.74, 6) is 0.721. The topological polar surface area (TPSA) is 71.5 Å². The van der Waals surface area contributed by atoms with Crippen LogP contribution in [0.15, 0.2) is 48.8 Å². The molecule has 1 unspecified atom stereocenters. The highest BCUT2D eigenvalue weighted by molar-refractivity contribution is 5.83. The molecule has 1 aliphatic heterocycles. The predicted molar refractivity (Wildman–Crippen MR) is 102 cm³/mol. The quantitative estimate of drug-likeness (QED) is 0.814. The zero-order chi connectivity index (χ0) is 19.1. The van der Waals surface area contributed by atoms with Crippen molar-refractivity contribution in [2.45, 2.75) is 25.8 Å². The standard InChI is InChI=1S/C21H25N3O3/c1-27-19-4-2-3-17(13-19)14-24-15-18(5-6-20(24)25)21(26)23-12-9-16-7-10-22-11-8-16/h2-4,7-8,10-11,13,18H,5-6,9,12,14-15H2,1H3,(H,23,26). The highest BCUT2D eigenvalue weighted by atomic mass is 16.5. The van der Waals surface area contributed by atoms with Gasteiger partial charge in [-0.25, -0.2) is 0 Å². The Morgan fingerprint density at radius 3 is 2.85 bits per heavy atom. The Kier molecular flexibility index (Phi) is 6.41. The summed E-state index contributed by atoms with van der Waals surface area (Å²) in [6.45, 7) is 1.54. The van der Waals surface area contributed by atoms with Crippen LogP contribution in [-0.2, 0) is 22.6 Å². The molecule has 1 aliphatic rings. The van der Waals surface area contributed by atoms with Gasteiger partial charge in [0.15, 0.2) is 0 Å². The minimum atomic E-state index is -0.161. The number of nitrogens with zero attached hydrogens (tertiary/aromatic N) is 2. The van der Waals surface area contributed by atoms with Crippen LogP contribution in [-0.4, -0.2) is 41.9 Å². The van der Waals surface area contributed by atoms with Crippen molar-refractivity contribution in [1.82, 2.24) is 15.2 Å². The van der Waals surface area contributed by atoms with Gasteiger partial charge in [-0.15, -0.1) is 0 Å². The summed E-state index contributed by atoms with van der Waals surface area (Å²) < 4.78 is 5.24. The van der Waals surface area contributed by atoms with Crippen LogP contribution in [0.5, 0.6) is 5.75 Å². The Morgan fingerprint density at radius 1 is 1.26 bits per heavy atom. The van der Waals surface area contributed by atoms with E-state index >= 15 is 0 Å². The summed E-state index contributed by atoms with van der Waals surface area (Å²) in [7, 11) is 1.62. The van der Waals surface area contributed by atoms with Gasteiger partial charge in [0.25, 0.3) is 0 Å². The van der Waals surface area contributed by atoms with Gasteiger partial charge in [-0.2, -0.15) is 0 Å². The number of amides is 2. The lowest BCUT2D eigenvalue weighted by Crippen LogP contribution is -2.45. The van der Waals surface area contributed by atoms with Gasteiger partial charge in [0, 0.05) is 38.4 Å². The molecule has 27 heavy (non-hydrogen) atoms. The maximum atomic E-state index is 12.5. The molecule has 0 spiro atoms. The van der Waals surface area contributed by atoms with Crippen molar-refractivity contribution in [2.75, 3.05) is 20.2 Å². The summed E-state index contributed by atoms with van der Waals surface area (Å²) in [6, 6.07) is 11.6. The molecule has 0 radical (unpaired) electrons. The fourth-order valence-electron chi connectivity index (χ4n) is 3.30. The molecule has 1 N–H and O–H groups in total. The Morgan fingerprint density at radius 2 is 2.07 bits per heavy atom. The molecule has 3 rings (SSSR count). The van der Waals surface area contributed by atoms with Crippen LogP contribution in [0.25, 0.3) is 0 Å². The third-order valence-electron chi connectivity index (χ3n) is 4.84. The first-order valence-electron chi connectivity index (χ1n) is 9.23. The molecule has 0 saturated carbocycles. The number of aromatic nitrogens is 1. The molecule has 1 saturated heterocycles. The number of carbonyl (C=O) groups is 2. The molecular weight excluding hydrogens is 342 g/mol. The first-order chi connectivity index (χ1) is 13.2. The monoisotopic (exact) mass is 367 g/mol. The van der Waals surface area contributed by atoms with Crippen LogP contribution in [0.1, 0.15) is 24.0 Å². The van der Waals surface area contributed by atoms with Crippen LogP contribution in [0.4, 0.5) is 0 Å². The number of benzene rings is 1. The number of hydrogen-bond acceptors (Lipinski definition) is 4. The molecule has 142 valence electrons. The highest BCUT2D eigenvalue weighted by Crippen LogP contribution is 2.21. The van der Waals surface area contributed by atoms with E-state index in [1.165, 1.54) is 0 Å². The number of methoxy groups -OCH3 is 1. The van der Waals surface area contributed by atoms with E-state index in [1.54, 1.807) is 24.4 Å². The maximum Gasteiger partial charge on any atom is 0.224 e. The molecule has 1 aromatic heterocycles. The molecule has 1 atom stereocenters. The van der Waals surface area contributed by atoms with E-state index in [4.69, 9.17) is 4.74 Å². The van der Waals surface area contributed by atoms with Gasteiger partial charge in [-0.3, -0.25) is 14.6 Å². The van der Waals surface area contributed by atoms with Gasteiger partial charge in [0.05, 0.1) is 13.0 Å². The minimum absolute atomic E-state index is 0.0206. The van der Waals surface area contributed by atoms with E-state index in [2.05, 4.69) is 10.3 Å². The fraction of sp³-hybridized carbons (Fsp3) is 0.381. The third-order valence-corrected chi connectivity index (χ3v) is 4.84. The number of likely N-dealkylation sites (tertiary alicyclic amines) is 1. The molecule has 2 amide bonds. The third kappa shape index (κ3) is 5.29. The first kappa shape index (κ1) is 18.9. The highest BCUT2D eigenvalue weighted by Gasteiger charge is 2.30. The van der Waals surface area contributed by atoms with E-state index in [0.29, 0.717) is 32.5 Å². The summed E-state index contributed by atoms with van der Waals surface area (Å²) in [4.78, 5) is 30.5. The molecule has 6 nitrogen and oxygen atoms in total. The second-order valence-electron chi connectivity index (χ2n) is 6.76. The molecule has 1 fully saturated rings. The van der Waals surface area contributed by atoms with Crippen LogP contribution in [0.3, 0.4) is 0 Å². The smallest absolute Gasteiger partial charge is 0.224 e. The van der Waals surface area contributed by atoms with Crippen molar-refractivity contribution in [1.29, 1.82) is 0 Å². The number of rotatable bonds is 7. The van der Waals surface area contributed by atoms with Crippen molar-refractivity contribution < 1.29 is 14.3 Å². The lowest BCUT2D eigenvalue weighted by molar-refractivity contribution is -0.138. The Balaban J connectivity index is 1.52. The Labute approximate surface area is 159 Å². The van der Waals surface area contributed by atoms with Gasteiger partial charge in [-0.05, 0) is 48.2 Å². The summed E-state index contributed by atoms with van der Waals surface area (Å²) in [6.07, 6.45) is 5.29. The number of ether oxygens (including phenoxy) is 1. The van der Waals surface area contributed by atoms with Crippen molar-refractivity contribution in [3.8, 4) is 5.75 Å². The van der Waals surface area contributed by atoms with Gasteiger partial charge >= 0.3 is 0 Å². The largest absolute Gasteiger partial charge is 0.497 e. The average Bonchev–Trinajstić information content (AvgIpc) is 2.70. The van der Waals surface area contributed by atoms with E-state index in [0.717, 1.165) is 23.3 Å². The molecule has 2 heterocycles. The van der Waals surface area contributed by atoms with Gasteiger partial charge in [-0.1, -0.05) is 12.1 Å². The lowest BCUT2D eigenvalue weighted by Gasteiger charge is -2.32. The van der Waals surface area contributed by atoms with Gasteiger partial charge in [0.1, 0.15) is 5.75 Å². The predicted octanol–water partition coefficient (Wildman–Crippen LogP) is 2.19. The van der Waals surface area contributed by atoms with E-state index in [1.807, 2.05) is 36.4 Å². The number of pyridine rings is 1. The number of carbonyl (C=O) groups excluding carboxylic acids is 2. The van der Waals surface area contributed by atoms with Crippen LogP contribution in [0, 0.1) is 5.92 Å². The molecule has 0 bridgehead atoms. The Bertz CT molecular complexity index is 779. The first-order valence-corrected chi connectivity index (χ1v) is 9.23. The van der Waals surface area contributed by atoms with Crippen LogP contribution >= 0.6 is 0 Å². The van der Waals surface area contributed by atoms with Crippen molar-refractivity contribution in [2.24, 2.45) is 5.92 Å². The van der Waals surface area contributed by atoms with E-state index in [-0.39, 0.29) is 17.7 Å². The number of nitrogens with one attached hydrogen (secondary N) is 1. The van der Waals surface area contributed by atoms with E-state index < -0.39 is 0 Å². The Hall–Kier alpha value is -2.89. The van der Waals surface area contributed by atoms with Gasteiger partial charge < -0.3 is 15.0 Å². The summed E-state index contributed by atoms with van der Waals surface area (Å²) >= 11 is 0. The molecule has 2 aromatic rings. The normalized spacial score (nSPS) is 16.9. The molecule has 6 heteroatoms. The molecular formula is C21H25N3O3. The SMILES string of the molecule is COc1cccc(CN2CC(C(=O)NCCc3ccncc3)CCC2=O)c1. The molecule has 1 aromatic carbocycles. The zero-order valence-corrected chi connectivity index (χ0v) is 15.6. The molecule has 0 aliphatic carbocycles. The summed E-state index contributed by atoms with van der Waals surface area (Å²) in [5.41, 5.74) is 2.14. The number of piperidine rings is 1. The zero-order valence-electron chi connectivity index (χ0n) is 15.6. The van der Waals surface area contributed by atoms with Crippen LogP contribution in [0.2, 0.25) is 0 Å². The maximum absolute atomic E-state index is 12.5. The van der Waals surface area contributed by atoms with Crippen molar-refractivity contribution in [3.63, 3.8) is 0 Å². The van der Waals surface area contributed by atoms with Crippen molar-refractivity contribution in [3.05, 3.63) is 59.9 Å².